The highest BCUT2D eigenvalue weighted by molar-refractivity contribution is 6.35. The Morgan fingerprint density at radius 3 is 2.45 bits per heavy atom. The molecule has 1 aromatic heterocycles. The molecule has 0 aliphatic carbocycles. The van der Waals surface area contributed by atoms with Crippen molar-refractivity contribution in [2.75, 3.05) is 7.11 Å². The van der Waals surface area contributed by atoms with Crippen LogP contribution >= 0.6 is 23.2 Å². The van der Waals surface area contributed by atoms with Crippen LogP contribution in [0.5, 0.6) is 5.75 Å². The predicted molar refractivity (Wildman–Crippen MR) is 112 cm³/mol. The maximum Gasteiger partial charge on any atom is 0.332 e. The maximum absolute atomic E-state index is 13.0. The molecule has 0 saturated heterocycles. The molecule has 7 nitrogen and oxygen atoms in total. The Balaban J connectivity index is 2.40. The molecule has 29 heavy (non-hydrogen) atoms. The molecule has 0 amide bonds. The van der Waals surface area contributed by atoms with E-state index in [1.165, 1.54) is 11.7 Å². The number of benzene rings is 2. The maximum atomic E-state index is 13.0. The molecule has 0 aliphatic rings. The van der Waals surface area contributed by atoms with E-state index in [9.17, 15) is 19.5 Å². The number of rotatable bonds is 6. The quantitative estimate of drug-likeness (QED) is 0.640. The van der Waals surface area contributed by atoms with E-state index in [0.717, 1.165) is 0 Å². The predicted octanol–water partition coefficient (Wildman–Crippen LogP) is 3.17. The van der Waals surface area contributed by atoms with Crippen LogP contribution in [-0.4, -0.2) is 27.3 Å². The van der Waals surface area contributed by atoms with Crippen LogP contribution in [0.1, 0.15) is 18.1 Å². The minimum Gasteiger partial charge on any atom is -0.496 e. The fourth-order valence-corrected chi connectivity index (χ4v) is 3.81. The first-order valence-corrected chi connectivity index (χ1v) is 9.53. The number of carboxylic acids is 1. The summed E-state index contributed by atoms with van der Waals surface area (Å²) in [7, 11) is 1.49. The van der Waals surface area contributed by atoms with E-state index in [-0.39, 0.29) is 11.9 Å². The molecule has 0 radical (unpaired) electrons. The number of carboxylic acid groups (broad SMARTS) is 1. The minimum atomic E-state index is -1.29. The molecule has 0 unspecified atom stereocenters. The molecular formula is C20H18Cl2N2O5. The molecule has 9 heteroatoms. The van der Waals surface area contributed by atoms with Crippen LogP contribution in [0.4, 0.5) is 0 Å². The largest absolute Gasteiger partial charge is 0.496 e. The van der Waals surface area contributed by atoms with Crippen molar-refractivity contribution in [3.63, 3.8) is 0 Å². The second-order valence-corrected chi connectivity index (χ2v) is 7.23. The van der Waals surface area contributed by atoms with E-state index in [0.29, 0.717) is 43.4 Å². The number of carbonyl (C=O) groups is 1. The van der Waals surface area contributed by atoms with Gasteiger partial charge in [-0.05, 0) is 36.2 Å². The van der Waals surface area contributed by atoms with Gasteiger partial charge >= 0.3 is 11.7 Å². The van der Waals surface area contributed by atoms with Crippen molar-refractivity contribution >= 4 is 40.1 Å². The van der Waals surface area contributed by atoms with Gasteiger partial charge in [0.2, 0.25) is 0 Å². The molecule has 0 fully saturated rings. The first-order valence-electron chi connectivity index (χ1n) is 8.77. The molecule has 0 bridgehead atoms. The SMILES string of the molecule is CCc1c(OC)ccc2c1c(=O)n(CC(=O)O)c(=O)n2Cc1ccc(Cl)cc1Cl. The van der Waals surface area contributed by atoms with Crippen molar-refractivity contribution < 1.29 is 14.6 Å². The van der Waals surface area contributed by atoms with E-state index in [1.807, 2.05) is 6.92 Å². The lowest BCUT2D eigenvalue weighted by Gasteiger charge is -2.17. The molecule has 152 valence electrons. The van der Waals surface area contributed by atoms with Gasteiger partial charge in [-0.2, -0.15) is 0 Å². The summed E-state index contributed by atoms with van der Waals surface area (Å²) in [5.74, 6) is -0.797. The number of fused-ring (bicyclic) bond motifs is 1. The molecule has 2 aromatic carbocycles. The average molecular weight is 437 g/mol. The Morgan fingerprint density at radius 2 is 1.86 bits per heavy atom. The number of aromatic nitrogens is 2. The van der Waals surface area contributed by atoms with E-state index in [2.05, 4.69) is 0 Å². The summed E-state index contributed by atoms with van der Waals surface area (Å²) in [6.07, 6.45) is 0.461. The molecule has 3 aromatic rings. The molecule has 1 heterocycles. The van der Waals surface area contributed by atoms with E-state index in [4.69, 9.17) is 27.9 Å². The zero-order valence-corrected chi connectivity index (χ0v) is 17.3. The second kappa shape index (κ2) is 8.31. The van der Waals surface area contributed by atoms with Gasteiger partial charge in [0.05, 0.1) is 24.6 Å². The minimum absolute atomic E-state index is 0.0424. The number of aliphatic carboxylic acids is 1. The van der Waals surface area contributed by atoms with E-state index in [1.54, 1.807) is 30.3 Å². The number of aryl methyl sites for hydroxylation is 1. The Labute approximate surface area is 175 Å². The Kier molecular flexibility index (Phi) is 6.00. The summed E-state index contributed by atoms with van der Waals surface area (Å²) >= 11 is 12.2. The lowest BCUT2D eigenvalue weighted by atomic mass is 10.1. The topological polar surface area (TPSA) is 90.5 Å². The van der Waals surface area contributed by atoms with Gasteiger partial charge in [0.25, 0.3) is 5.56 Å². The van der Waals surface area contributed by atoms with Crippen LogP contribution in [0, 0.1) is 0 Å². The first kappa shape index (κ1) is 21.0. The highest BCUT2D eigenvalue weighted by atomic mass is 35.5. The van der Waals surface area contributed by atoms with Crippen molar-refractivity contribution in [2.24, 2.45) is 0 Å². The highest BCUT2D eigenvalue weighted by Crippen LogP contribution is 2.27. The summed E-state index contributed by atoms with van der Waals surface area (Å²) in [6.45, 7) is 1.15. The van der Waals surface area contributed by atoms with Crippen LogP contribution in [0.2, 0.25) is 10.0 Å². The third kappa shape index (κ3) is 3.88. The van der Waals surface area contributed by atoms with Crippen LogP contribution in [0.25, 0.3) is 10.9 Å². The monoisotopic (exact) mass is 436 g/mol. The molecule has 0 saturated carbocycles. The number of ether oxygens (including phenoxy) is 1. The Morgan fingerprint density at radius 1 is 1.14 bits per heavy atom. The molecule has 3 rings (SSSR count). The molecular weight excluding hydrogens is 419 g/mol. The lowest BCUT2D eigenvalue weighted by Crippen LogP contribution is -2.42. The third-order valence-corrected chi connectivity index (χ3v) is 5.26. The summed E-state index contributed by atoms with van der Waals surface area (Å²) in [5.41, 5.74) is 0.189. The number of halogens is 2. The van der Waals surface area contributed by atoms with Crippen molar-refractivity contribution in [2.45, 2.75) is 26.4 Å². The zero-order valence-electron chi connectivity index (χ0n) is 15.7. The van der Waals surface area contributed by atoms with Crippen LogP contribution in [-0.2, 0) is 24.3 Å². The fraction of sp³-hybridized carbons (Fsp3) is 0.250. The average Bonchev–Trinajstić information content (AvgIpc) is 2.68. The van der Waals surface area contributed by atoms with Crippen molar-refractivity contribution in [3.05, 3.63) is 72.3 Å². The van der Waals surface area contributed by atoms with E-state index < -0.39 is 23.8 Å². The fourth-order valence-electron chi connectivity index (χ4n) is 3.34. The summed E-state index contributed by atoms with van der Waals surface area (Å²) in [5, 5.41) is 10.3. The number of methoxy groups -OCH3 is 1. The van der Waals surface area contributed by atoms with Gasteiger partial charge in [0, 0.05) is 15.6 Å². The van der Waals surface area contributed by atoms with Crippen molar-refractivity contribution in [3.8, 4) is 5.75 Å². The van der Waals surface area contributed by atoms with E-state index >= 15 is 0 Å². The highest BCUT2D eigenvalue weighted by Gasteiger charge is 2.20. The Bertz CT molecular complexity index is 1230. The molecule has 1 N–H and O–H groups in total. The zero-order chi connectivity index (χ0) is 21.3. The first-order chi connectivity index (χ1) is 13.8. The van der Waals surface area contributed by atoms with Crippen LogP contribution in [0.15, 0.2) is 39.9 Å². The number of hydrogen-bond donors (Lipinski definition) is 1. The third-order valence-electron chi connectivity index (χ3n) is 4.67. The van der Waals surface area contributed by atoms with Crippen LogP contribution in [0.3, 0.4) is 0 Å². The van der Waals surface area contributed by atoms with Crippen molar-refractivity contribution in [1.82, 2.24) is 9.13 Å². The van der Waals surface area contributed by atoms with Gasteiger partial charge in [-0.25, -0.2) is 9.36 Å². The standard InChI is InChI=1S/C20H18Cl2N2O5/c1-3-13-16(29-2)7-6-15-18(13)19(27)24(10-17(25)26)20(28)23(15)9-11-4-5-12(21)8-14(11)22/h4-8H,3,9-10H2,1-2H3,(H,25,26). The Hall–Kier alpha value is -2.77. The number of hydrogen-bond acceptors (Lipinski definition) is 4. The van der Waals surface area contributed by atoms with Crippen LogP contribution < -0.4 is 16.0 Å². The van der Waals surface area contributed by atoms with Gasteiger partial charge in [-0.1, -0.05) is 36.2 Å². The van der Waals surface area contributed by atoms with Gasteiger partial charge in [-0.15, -0.1) is 0 Å². The van der Waals surface area contributed by atoms with Gasteiger partial charge in [0.15, 0.2) is 0 Å². The molecule has 0 aliphatic heterocycles. The lowest BCUT2D eigenvalue weighted by molar-refractivity contribution is -0.137. The summed E-state index contributed by atoms with van der Waals surface area (Å²) in [6, 6.07) is 8.18. The van der Waals surface area contributed by atoms with Gasteiger partial charge in [-0.3, -0.25) is 14.2 Å². The summed E-state index contributed by atoms with van der Waals surface area (Å²) < 4.78 is 7.41. The van der Waals surface area contributed by atoms with Crippen molar-refractivity contribution in [1.29, 1.82) is 0 Å². The molecule has 0 spiro atoms. The van der Waals surface area contributed by atoms with Gasteiger partial charge in [0.1, 0.15) is 12.3 Å². The number of nitrogens with zero attached hydrogens (tertiary/aromatic N) is 2. The smallest absolute Gasteiger partial charge is 0.332 e. The molecule has 0 atom stereocenters. The second-order valence-electron chi connectivity index (χ2n) is 6.38. The van der Waals surface area contributed by atoms with Gasteiger partial charge < -0.3 is 9.84 Å². The summed E-state index contributed by atoms with van der Waals surface area (Å²) in [4.78, 5) is 37.4. The normalized spacial score (nSPS) is 11.0.